The fourth-order valence-corrected chi connectivity index (χ4v) is 4.68. The Labute approximate surface area is 306 Å². The molecule has 0 rings (SSSR count). The van der Waals surface area contributed by atoms with Gasteiger partial charge in [0.05, 0.1) is 0 Å². The van der Waals surface area contributed by atoms with Crippen LogP contribution in [-0.2, 0) is 9.59 Å². The van der Waals surface area contributed by atoms with Gasteiger partial charge in [-0.25, -0.2) is 0 Å². The van der Waals surface area contributed by atoms with E-state index in [1.807, 2.05) is 0 Å². The molecule has 0 aromatic heterocycles. The number of hydrogen-bond acceptors (Lipinski definition) is 4. The number of hydrogen-bond donors (Lipinski definition) is 0. The molecular formula is C36H66Na2O4. The molecule has 0 atom stereocenters. The third-order valence-corrected chi connectivity index (χ3v) is 7.29. The molecule has 0 spiro atoms. The summed E-state index contributed by atoms with van der Waals surface area (Å²) < 4.78 is 0. The van der Waals surface area contributed by atoms with E-state index >= 15 is 0 Å². The van der Waals surface area contributed by atoms with Crippen LogP contribution in [0.25, 0.3) is 0 Å². The minimum absolute atomic E-state index is 0. The van der Waals surface area contributed by atoms with Crippen molar-refractivity contribution >= 4 is 11.9 Å². The topological polar surface area (TPSA) is 80.3 Å². The minimum Gasteiger partial charge on any atom is -0.550 e. The van der Waals surface area contributed by atoms with Gasteiger partial charge in [0.1, 0.15) is 0 Å². The molecule has 42 heavy (non-hydrogen) atoms. The van der Waals surface area contributed by atoms with E-state index in [-0.39, 0.29) is 72.0 Å². The monoisotopic (exact) mass is 608 g/mol. The van der Waals surface area contributed by atoms with Crippen molar-refractivity contribution in [1.82, 2.24) is 0 Å². The zero-order valence-corrected chi connectivity index (χ0v) is 32.7. The molecule has 0 aromatic rings. The molecule has 0 amide bonds. The summed E-state index contributed by atoms with van der Waals surface area (Å²) >= 11 is 0. The SMILES string of the molecule is CCCCCCCCC=CCCCCCCCC(=O)[O-].CCCCCCCCC=CCCCCCCCC(=O)[O-].[Na+].[Na+]. The fraction of sp³-hybridized carbons (Fsp3) is 0.833. The zero-order valence-electron chi connectivity index (χ0n) is 28.7. The molecule has 0 heterocycles. The van der Waals surface area contributed by atoms with Crippen molar-refractivity contribution in [2.24, 2.45) is 0 Å². The van der Waals surface area contributed by atoms with Crippen LogP contribution < -0.4 is 69.3 Å². The van der Waals surface area contributed by atoms with Gasteiger partial charge in [-0.2, -0.15) is 0 Å². The van der Waals surface area contributed by atoms with Gasteiger partial charge in [-0.05, 0) is 77.0 Å². The molecule has 0 radical (unpaired) electrons. The first kappa shape index (κ1) is 49.3. The zero-order chi connectivity index (χ0) is 29.8. The van der Waals surface area contributed by atoms with Crippen LogP contribution in [0, 0.1) is 0 Å². The van der Waals surface area contributed by atoms with Gasteiger partial charge in [-0.3, -0.25) is 0 Å². The molecule has 0 saturated carbocycles. The quantitative estimate of drug-likeness (QED) is 0.0710. The summed E-state index contributed by atoms with van der Waals surface area (Å²) in [6.07, 6.45) is 41.8. The van der Waals surface area contributed by atoms with E-state index in [2.05, 4.69) is 38.2 Å². The van der Waals surface area contributed by atoms with Crippen LogP contribution in [-0.4, -0.2) is 11.9 Å². The molecule has 6 heteroatoms. The Kier molecular flexibility index (Phi) is 53.8. The van der Waals surface area contributed by atoms with Gasteiger partial charge in [0.2, 0.25) is 0 Å². The van der Waals surface area contributed by atoms with Crippen LogP contribution in [0.2, 0.25) is 0 Å². The second-order valence-corrected chi connectivity index (χ2v) is 11.4. The maximum atomic E-state index is 10.2. The Hall–Kier alpha value is 0.420. The average Bonchev–Trinajstić information content (AvgIpc) is 2.93. The molecule has 0 aliphatic heterocycles. The predicted octanol–water partition coefficient (Wildman–Crippen LogP) is 3.56. The summed E-state index contributed by atoms with van der Waals surface area (Å²) in [4.78, 5) is 20.4. The van der Waals surface area contributed by atoms with Crippen molar-refractivity contribution in [2.75, 3.05) is 0 Å². The largest absolute Gasteiger partial charge is 1.00 e. The molecule has 0 bridgehead atoms. The third-order valence-electron chi connectivity index (χ3n) is 7.29. The van der Waals surface area contributed by atoms with Crippen LogP contribution in [0.15, 0.2) is 24.3 Å². The van der Waals surface area contributed by atoms with Crippen molar-refractivity contribution in [3.63, 3.8) is 0 Å². The number of carboxylic acids is 2. The Morgan fingerprint density at radius 1 is 0.381 bits per heavy atom. The van der Waals surface area contributed by atoms with Crippen LogP contribution in [0.3, 0.4) is 0 Å². The maximum Gasteiger partial charge on any atom is 1.00 e. The first-order valence-corrected chi connectivity index (χ1v) is 17.2. The molecule has 0 aliphatic carbocycles. The number of aliphatic carboxylic acids is 2. The molecule has 0 N–H and O–H groups in total. The summed E-state index contributed by atoms with van der Waals surface area (Å²) in [6, 6.07) is 0. The maximum absolute atomic E-state index is 10.2. The number of carbonyl (C=O) groups is 2. The van der Waals surface area contributed by atoms with Gasteiger partial charge in [0.25, 0.3) is 0 Å². The number of allylic oxidation sites excluding steroid dienone is 4. The van der Waals surface area contributed by atoms with Gasteiger partial charge >= 0.3 is 59.1 Å². The van der Waals surface area contributed by atoms with Crippen LogP contribution in [0.5, 0.6) is 0 Å². The second-order valence-electron chi connectivity index (χ2n) is 11.4. The number of unbranched alkanes of at least 4 members (excludes halogenated alkanes) is 22. The average molecular weight is 609 g/mol. The molecule has 0 aromatic carbocycles. The first-order valence-electron chi connectivity index (χ1n) is 17.2. The Morgan fingerprint density at radius 3 is 0.833 bits per heavy atom. The molecule has 0 saturated heterocycles. The van der Waals surface area contributed by atoms with Crippen LogP contribution in [0.1, 0.15) is 194 Å². The van der Waals surface area contributed by atoms with E-state index in [1.54, 1.807) is 0 Å². The van der Waals surface area contributed by atoms with E-state index in [9.17, 15) is 19.8 Å². The standard InChI is InChI=1S/2C18H34O2.2Na/c2*1-2-3-4-5-6-7-8-9-10-11-12-13-14-15-16-17-18(19)20;;/h2*9-10H,2-8,11-17H2,1H3,(H,19,20);;/q;;2*+1/p-2. The summed E-state index contributed by atoms with van der Waals surface area (Å²) in [5, 5.41) is 20.4. The number of carboxylic acid groups (broad SMARTS) is 2. The first-order chi connectivity index (χ1) is 19.5. The van der Waals surface area contributed by atoms with Gasteiger partial charge < -0.3 is 19.8 Å². The summed E-state index contributed by atoms with van der Waals surface area (Å²) in [5.41, 5.74) is 0. The smallest absolute Gasteiger partial charge is 0.550 e. The van der Waals surface area contributed by atoms with Crippen LogP contribution in [0.4, 0.5) is 0 Å². The van der Waals surface area contributed by atoms with Gasteiger partial charge in [0, 0.05) is 11.9 Å². The van der Waals surface area contributed by atoms with E-state index in [0.717, 1.165) is 38.5 Å². The normalized spacial score (nSPS) is 10.7. The Balaban J connectivity index is -0.000000328. The molecule has 0 aliphatic rings. The van der Waals surface area contributed by atoms with Crippen molar-refractivity contribution in [3.8, 4) is 0 Å². The van der Waals surface area contributed by atoms with E-state index in [0.29, 0.717) is 0 Å². The van der Waals surface area contributed by atoms with Gasteiger partial charge in [-0.15, -0.1) is 0 Å². The van der Waals surface area contributed by atoms with Crippen molar-refractivity contribution < 1.29 is 78.9 Å². The molecule has 0 unspecified atom stereocenters. The predicted molar refractivity (Wildman–Crippen MR) is 169 cm³/mol. The molecular weight excluding hydrogens is 542 g/mol. The fourth-order valence-electron chi connectivity index (χ4n) is 4.68. The van der Waals surface area contributed by atoms with E-state index in [1.165, 1.54) is 128 Å². The van der Waals surface area contributed by atoms with E-state index < -0.39 is 11.9 Å². The van der Waals surface area contributed by atoms with Gasteiger partial charge in [-0.1, -0.05) is 141 Å². The summed E-state index contributed by atoms with van der Waals surface area (Å²) in [7, 11) is 0. The number of rotatable bonds is 30. The summed E-state index contributed by atoms with van der Waals surface area (Å²) in [6.45, 7) is 4.51. The Morgan fingerprint density at radius 2 is 0.595 bits per heavy atom. The molecule has 236 valence electrons. The third kappa shape index (κ3) is 53.0. The summed E-state index contributed by atoms with van der Waals surface area (Å²) in [5.74, 6) is -1.83. The van der Waals surface area contributed by atoms with E-state index in [4.69, 9.17) is 0 Å². The number of carbonyl (C=O) groups excluding carboxylic acids is 2. The minimum atomic E-state index is -0.914. The van der Waals surface area contributed by atoms with Crippen molar-refractivity contribution in [1.29, 1.82) is 0 Å². The van der Waals surface area contributed by atoms with Gasteiger partial charge in [0.15, 0.2) is 0 Å². The van der Waals surface area contributed by atoms with Crippen LogP contribution >= 0.6 is 0 Å². The van der Waals surface area contributed by atoms with Crippen molar-refractivity contribution in [3.05, 3.63) is 24.3 Å². The Bertz CT molecular complexity index is 529. The molecule has 0 fully saturated rings. The second kappa shape index (κ2) is 45.8. The molecule has 4 nitrogen and oxygen atoms in total. The van der Waals surface area contributed by atoms with Crippen molar-refractivity contribution in [2.45, 2.75) is 194 Å².